The van der Waals surface area contributed by atoms with Crippen molar-refractivity contribution >= 4 is 10.8 Å². The first-order valence-corrected chi connectivity index (χ1v) is 9.91. The summed E-state index contributed by atoms with van der Waals surface area (Å²) in [4.78, 5) is 1.91. The Balaban J connectivity index is 2.38. The highest BCUT2D eigenvalue weighted by Crippen LogP contribution is 2.26. The minimum atomic E-state index is -1.09. The largest absolute Gasteiger partial charge is 0.249 e. The van der Waals surface area contributed by atoms with Gasteiger partial charge in [-0.3, -0.25) is 0 Å². The van der Waals surface area contributed by atoms with Crippen molar-refractivity contribution < 1.29 is 4.21 Å². The van der Waals surface area contributed by atoms with E-state index >= 15 is 0 Å². The Morgan fingerprint density at radius 2 is 1.52 bits per heavy atom. The lowest BCUT2D eigenvalue weighted by Crippen LogP contribution is -2.03. The van der Waals surface area contributed by atoms with Crippen LogP contribution in [0.2, 0.25) is 0 Å². The molecule has 0 aliphatic carbocycles. The molecule has 0 spiro atoms. The minimum absolute atomic E-state index is 0.904. The molecule has 0 N–H and O–H groups in total. The van der Waals surface area contributed by atoms with Crippen LogP contribution in [-0.2, 0) is 23.6 Å². The van der Waals surface area contributed by atoms with Gasteiger partial charge < -0.3 is 0 Å². The van der Waals surface area contributed by atoms with Crippen molar-refractivity contribution in [2.45, 2.75) is 69.1 Å². The van der Waals surface area contributed by atoms with Gasteiger partial charge in [0.05, 0.1) is 10.8 Å². The molecule has 0 aliphatic heterocycles. The normalized spacial score (nSPS) is 12.3. The maximum absolute atomic E-state index is 13.1. The van der Waals surface area contributed by atoms with Crippen molar-refractivity contribution in [1.29, 1.82) is 0 Å². The van der Waals surface area contributed by atoms with Gasteiger partial charge in [-0.2, -0.15) is 0 Å². The second-order valence-corrected chi connectivity index (χ2v) is 7.63. The second-order valence-electron chi connectivity index (χ2n) is 6.18. The fourth-order valence-electron chi connectivity index (χ4n) is 2.81. The van der Waals surface area contributed by atoms with Crippen LogP contribution in [0.25, 0.3) is 0 Å². The van der Waals surface area contributed by atoms with E-state index < -0.39 is 10.8 Å². The SMILES string of the molecule is CCCCc1cccc(S(=O)c2ccc(C)cc2)c1CCCC. The molecule has 0 saturated carbocycles. The lowest BCUT2D eigenvalue weighted by atomic mass is 9.98. The standard InChI is InChI=1S/C21H28OS/c1-4-6-9-18-10-8-12-21(20(18)11-7-5-2)23(22)19-15-13-17(3)14-16-19/h8,10,12-16H,4-7,9,11H2,1-3H3. The van der Waals surface area contributed by atoms with E-state index in [9.17, 15) is 4.21 Å². The lowest BCUT2D eigenvalue weighted by Gasteiger charge is -2.15. The molecule has 2 aromatic rings. The molecule has 0 amide bonds. The summed E-state index contributed by atoms with van der Waals surface area (Å²) in [7, 11) is -1.09. The summed E-state index contributed by atoms with van der Waals surface area (Å²) in [6.45, 7) is 6.50. The highest BCUT2D eigenvalue weighted by Gasteiger charge is 2.15. The zero-order valence-electron chi connectivity index (χ0n) is 14.6. The number of unbranched alkanes of at least 4 members (excludes halogenated alkanes) is 2. The fraction of sp³-hybridized carbons (Fsp3) is 0.429. The summed E-state index contributed by atoms with van der Waals surface area (Å²) < 4.78 is 13.1. The fourth-order valence-corrected chi connectivity index (χ4v) is 4.11. The third-order valence-corrected chi connectivity index (χ3v) is 5.73. The zero-order valence-corrected chi connectivity index (χ0v) is 15.4. The molecule has 0 bridgehead atoms. The maximum Gasteiger partial charge on any atom is 0.0852 e. The molecule has 23 heavy (non-hydrogen) atoms. The van der Waals surface area contributed by atoms with E-state index in [0.717, 1.165) is 29.1 Å². The van der Waals surface area contributed by atoms with Crippen LogP contribution in [0.3, 0.4) is 0 Å². The van der Waals surface area contributed by atoms with E-state index in [1.165, 1.54) is 36.0 Å². The van der Waals surface area contributed by atoms with Gasteiger partial charge in [0, 0.05) is 9.79 Å². The van der Waals surface area contributed by atoms with Gasteiger partial charge in [0.1, 0.15) is 0 Å². The highest BCUT2D eigenvalue weighted by atomic mass is 32.2. The minimum Gasteiger partial charge on any atom is -0.249 e. The van der Waals surface area contributed by atoms with Gasteiger partial charge in [0.15, 0.2) is 0 Å². The Bertz CT molecular complexity index is 643. The predicted molar refractivity (Wildman–Crippen MR) is 99.5 cm³/mol. The topological polar surface area (TPSA) is 17.1 Å². The molecule has 0 radical (unpaired) electrons. The molecule has 0 heterocycles. The van der Waals surface area contributed by atoms with Crippen molar-refractivity contribution in [2.24, 2.45) is 0 Å². The van der Waals surface area contributed by atoms with Crippen LogP contribution in [0.5, 0.6) is 0 Å². The van der Waals surface area contributed by atoms with Crippen molar-refractivity contribution in [3.8, 4) is 0 Å². The first-order valence-electron chi connectivity index (χ1n) is 8.76. The predicted octanol–water partition coefficient (Wildman–Crippen LogP) is 5.85. The molecule has 1 nitrogen and oxygen atoms in total. The summed E-state index contributed by atoms with van der Waals surface area (Å²) in [5, 5.41) is 0. The molecule has 0 fully saturated rings. The molecule has 2 rings (SSSR count). The van der Waals surface area contributed by atoms with E-state index in [-0.39, 0.29) is 0 Å². The average molecular weight is 329 g/mol. The molecular formula is C21H28OS. The Morgan fingerprint density at radius 1 is 0.870 bits per heavy atom. The third-order valence-electron chi connectivity index (χ3n) is 4.24. The third kappa shape index (κ3) is 4.78. The van der Waals surface area contributed by atoms with Gasteiger partial charge in [0.25, 0.3) is 0 Å². The summed E-state index contributed by atoms with van der Waals surface area (Å²) >= 11 is 0. The van der Waals surface area contributed by atoms with Crippen LogP contribution in [0.15, 0.2) is 52.3 Å². The highest BCUT2D eigenvalue weighted by molar-refractivity contribution is 7.85. The quantitative estimate of drug-likeness (QED) is 0.594. The summed E-state index contributed by atoms with van der Waals surface area (Å²) in [6, 6.07) is 14.4. The smallest absolute Gasteiger partial charge is 0.0852 e. The van der Waals surface area contributed by atoms with E-state index in [0.29, 0.717) is 0 Å². The lowest BCUT2D eigenvalue weighted by molar-refractivity contribution is 0.679. The first-order chi connectivity index (χ1) is 11.2. The van der Waals surface area contributed by atoms with Gasteiger partial charge in [-0.1, -0.05) is 56.5 Å². The Labute approximate surface area is 143 Å². The number of rotatable bonds is 8. The first kappa shape index (κ1) is 17.9. The maximum atomic E-state index is 13.1. The van der Waals surface area contributed by atoms with Crippen LogP contribution in [-0.4, -0.2) is 4.21 Å². The van der Waals surface area contributed by atoms with E-state index in [1.54, 1.807) is 0 Å². The molecule has 2 aromatic carbocycles. The van der Waals surface area contributed by atoms with Crippen LogP contribution in [0.1, 0.15) is 56.2 Å². The van der Waals surface area contributed by atoms with Crippen LogP contribution >= 0.6 is 0 Å². The van der Waals surface area contributed by atoms with Crippen LogP contribution in [0.4, 0.5) is 0 Å². The monoisotopic (exact) mass is 328 g/mol. The van der Waals surface area contributed by atoms with E-state index in [4.69, 9.17) is 0 Å². The van der Waals surface area contributed by atoms with Gasteiger partial charge in [0.2, 0.25) is 0 Å². The Morgan fingerprint density at radius 3 is 2.17 bits per heavy atom. The van der Waals surface area contributed by atoms with Gasteiger partial charge in [-0.25, -0.2) is 4.21 Å². The molecule has 0 aliphatic rings. The Hall–Kier alpha value is -1.41. The molecular weight excluding hydrogens is 300 g/mol. The zero-order chi connectivity index (χ0) is 16.7. The molecule has 1 atom stereocenters. The van der Waals surface area contributed by atoms with Crippen LogP contribution in [0, 0.1) is 6.92 Å². The van der Waals surface area contributed by atoms with E-state index in [1.807, 2.05) is 24.3 Å². The van der Waals surface area contributed by atoms with Crippen LogP contribution < -0.4 is 0 Å². The van der Waals surface area contributed by atoms with Crippen molar-refractivity contribution in [3.63, 3.8) is 0 Å². The number of aryl methyl sites for hydroxylation is 2. The summed E-state index contributed by atoms with van der Waals surface area (Å²) in [5.74, 6) is 0. The van der Waals surface area contributed by atoms with Gasteiger partial charge in [-0.05, 0) is 61.9 Å². The number of benzene rings is 2. The average Bonchev–Trinajstić information content (AvgIpc) is 2.58. The molecule has 0 aromatic heterocycles. The van der Waals surface area contributed by atoms with Gasteiger partial charge in [-0.15, -0.1) is 0 Å². The molecule has 124 valence electrons. The number of hydrogen-bond acceptors (Lipinski definition) is 1. The molecule has 2 heteroatoms. The number of hydrogen-bond donors (Lipinski definition) is 0. The second kappa shape index (κ2) is 9.02. The van der Waals surface area contributed by atoms with E-state index in [2.05, 4.69) is 39.0 Å². The Kier molecular flexibility index (Phi) is 7.04. The van der Waals surface area contributed by atoms with Crippen molar-refractivity contribution in [3.05, 3.63) is 59.2 Å². The van der Waals surface area contributed by atoms with Gasteiger partial charge >= 0.3 is 0 Å². The molecule has 0 saturated heterocycles. The summed E-state index contributed by atoms with van der Waals surface area (Å²) in [6.07, 6.45) is 6.83. The van der Waals surface area contributed by atoms with Crippen molar-refractivity contribution in [2.75, 3.05) is 0 Å². The van der Waals surface area contributed by atoms with Crippen molar-refractivity contribution in [1.82, 2.24) is 0 Å². The summed E-state index contributed by atoms with van der Waals surface area (Å²) in [5.41, 5.74) is 3.91. The molecule has 1 unspecified atom stereocenters.